The molecule has 2 N–H and O–H groups in total. The van der Waals surface area contributed by atoms with Crippen LogP contribution in [0.5, 0.6) is 0 Å². The van der Waals surface area contributed by atoms with E-state index in [-0.39, 0.29) is 25.4 Å². The maximum absolute atomic E-state index is 13.7. The second-order valence-corrected chi connectivity index (χ2v) is 12.8. The third kappa shape index (κ3) is 2.94. The first-order valence-electron chi connectivity index (χ1n) is 14.2. The number of ether oxygens (including phenoxy) is 7. The van der Waals surface area contributed by atoms with Crippen molar-refractivity contribution in [2.24, 2.45) is 10.8 Å². The minimum Gasteiger partial charge on any atom is -0.463 e. The van der Waals surface area contributed by atoms with Crippen molar-refractivity contribution in [2.45, 2.75) is 99.2 Å². The summed E-state index contributed by atoms with van der Waals surface area (Å²) in [6.45, 7) is 4.85. The molecular formula is C29H34O11. The van der Waals surface area contributed by atoms with Gasteiger partial charge in [0.2, 0.25) is 0 Å². The van der Waals surface area contributed by atoms with Crippen molar-refractivity contribution >= 4 is 11.9 Å². The molecule has 8 aliphatic rings. The molecule has 3 spiro atoms. The van der Waals surface area contributed by atoms with E-state index in [1.54, 1.807) is 12.2 Å². The van der Waals surface area contributed by atoms with Crippen LogP contribution in [0.4, 0.5) is 0 Å². The largest absolute Gasteiger partial charge is 0.463 e. The molecule has 0 radical (unpaired) electrons. The molecule has 4 bridgehead atoms. The smallest absolute Gasteiger partial charge is 0.338 e. The van der Waals surface area contributed by atoms with Gasteiger partial charge in [-0.2, -0.15) is 0 Å². The molecule has 1 saturated carbocycles. The molecule has 0 amide bonds. The minimum atomic E-state index is -1.54. The number of carbonyl (C=O) groups excluding carboxylic acids is 2. The Balaban J connectivity index is 1.22. The van der Waals surface area contributed by atoms with Gasteiger partial charge in [-0.25, -0.2) is 9.59 Å². The van der Waals surface area contributed by atoms with Crippen LogP contribution in [-0.4, -0.2) is 102 Å². The molecule has 5 saturated heterocycles. The summed E-state index contributed by atoms with van der Waals surface area (Å²) in [6, 6.07) is 0. The molecule has 0 aromatic carbocycles. The van der Waals surface area contributed by atoms with E-state index >= 15 is 0 Å². The van der Waals surface area contributed by atoms with Crippen LogP contribution in [0.2, 0.25) is 0 Å². The van der Waals surface area contributed by atoms with Crippen molar-refractivity contribution in [3.8, 4) is 0 Å². The number of aliphatic hydroxyl groups excluding tert-OH is 2. The fourth-order valence-electron chi connectivity index (χ4n) is 8.86. The van der Waals surface area contributed by atoms with Gasteiger partial charge in [-0.15, -0.1) is 0 Å². The summed E-state index contributed by atoms with van der Waals surface area (Å²) in [7, 11) is 0. The van der Waals surface area contributed by atoms with E-state index in [0.717, 1.165) is 6.42 Å². The topological polar surface area (TPSA) is 146 Å². The van der Waals surface area contributed by atoms with Crippen LogP contribution in [0.25, 0.3) is 0 Å². The number of rotatable bonds is 0. The van der Waals surface area contributed by atoms with Crippen LogP contribution in [-0.2, 0) is 42.7 Å². The number of hydrogen-bond acceptors (Lipinski definition) is 11. The van der Waals surface area contributed by atoms with Gasteiger partial charge in [0.05, 0.1) is 30.8 Å². The number of aliphatic hydroxyl groups is 2. The number of hydrogen-bond donors (Lipinski definition) is 2. The molecule has 6 heterocycles. The molecule has 11 nitrogen and oxygen atoms in total. The van der Waals surface area contributed by atoms with Crippen molar-refractivity contribution in [1.82, 2.24) is 0 Å². The molecule has 216 valence electrons. The third-order valence-electron chi connectivity index (χ3n) is 11.3. The van der Waals surface area contributed by atoms with Gasteiger partial charge in [0.25, 0.3) is 0 Å². The van der Waals surface area contributed by atoms with Crippen LogP contribution in [0, 0.1) is 10.8 Å². The molecule has 12 atom stereocenters. The molecule has 2 aliphatic carbocycles. The van der Waals surface area contributed by atoms with E-state index in [1.165, 1.54) is 17.7 Å². The number of epoxide rings is 2. The highest BCUT2D eigenvalue weighted by molar-refractivity contribution is 5.82. The monoisotopic (exact) mass is 558 g/mol. The lowest BCUT2D eigenvalue weighted by Gasteiger charge is -2.58. The first kappa shape index (κ1) is 25.6. The lowest BCUT2D eigenvalue weighted by molar-refractivity contribution is -0.233. The fourth-order valence-corrected chi connectivity index (χ4v) is 8.86. The lowest BCUT2D eigenvalue weighted by atomic mass is 9.51. The van der Waals surface area contributed by atoms with E-state index in [9.17, 15) is 19.8 Å². The zero-order valence-corrected chi connectivity index (χ0v) is 22.4. The molecule has 40 heavy (non-hydrogen) atoms. The highest BCUT2D eigenvalue weighted by Crippen LogP contribution is 2.72. The Morgan fingerprint density at radius 1 is 1.02 bits per heavy atom. The van der Waals surface area contributed by atoms with Gasteiger partial charge >= 0.3 is 11.9 Å². The summed E-state index contributed by atoms with van der Waals surface area (Å²) in [5.41, 5.74) is -3.37. The summed E-state index contributed by atoms with van der Waals surface area (Å²) in [4.78, 5) is 26.8. The summed E-state index contributed by atoms with van der Waals surface area (Å²) in [5, 5.41) is 21.3. The van der Waals surface area contributed by atoms with E-state index in [1.807, 2.05) is 0 Å². The van der Waals surface area contributed by atoms with E-state index in [2.05, 4.69) is 19.9 Å². The van der Waals surface area contributed by atoms with Crippen LogP contribution >= 0.6 is 0 Å². The van der Waals surface area contributed by atoms with Gasteiger partial charge in [0, 0.05) is 24.3 Å². The maximum atomic E-state index is 13.7. The molecule has 0 aromatic heterocycles. The Morgan fingerprint density at radius 3 is 2.65 bits per heavy atom. The Labute approximate surface area is 231 Å². The summed E-state index contributed by atoms with van der Waals surface area (Å²) in [6.07, 6.45) is 4.33. The first-order chi connectivity index (χ1) is 19.1. The van der Waals surface area contributed by atoms with Gasteiger partial charge in [0.1, 0.15) is 41.7 Å². The normalized spacial score (nSPS) is 57.6. The molecule has 6 fully saturated rings. The zero-order valence-electron chi connectivity index (χ0n) is 22.4. The number of allylic oxidation sites excluding steroid dienone is 3. The molecule has 11 heteroatoms. The maximum Gasteiger partial charge on any atom is 0.338 e. The SMILES string of the molecule is CC1=C[C@H]2O[C@@H]3C[C@H]4OC(=O)/C=C\C=C\[C@]56OCC[C@@]7(O[C@H]7C(=O)OC[C@@]2(CC1)[C@]4(C)[C@]31CO1)[C@H]5O[C@@H](O)[C@@H]6O. The average Bonchev–Trinajstić information content (AvgIpc) is 3.83. The predicted molar refractivity (Wildman–Crippen MR) is 132 cm³/mol. The summed E-state index contributed by atoms with van der Waals surface area (Å²) < 4.78 is 42.8. The highest BCUT2D eigenvalue weighted by atomic mass is 16.7. The predicted octanol–water partition coefficient (Wildman–Crippen LogP) is 0.615. The highest BCUT2D eigenvalue weighted by Gasteiger charge is 2.83. The van der Waals surface area contributed by atoms with E-state index < -0.39 is 70.3 Å². The van der Waals surface area contributed by atoms with Gasteiger partial charge in [0.15, 0.2) is 12.4 Å². The van der Waals surface area contributed by atoms with Gasteiger partial charge < -0.3 is 43.4 Å². The molecule has 6 aliphatic heterocycles. The Kier molecular flexibility index (Phi) is 5.14. The van der Waals surface area contributed by atoms with Crippen molar-refractivity contribution in [1.29, 1.82) is 0 Å². The number of cyclic esters (lactones) is 1. The van der Waals surface area contributed by atoms with E-state index in [0.29, 0.717) is 25.9 Å². The number of carbonyl (C=O) groups is 2. The van der Waals surface area contributed by atoms with Crippen LogP contribution in [0.3, 0.4) is 0 Å². The second kappa shape index (κ2) is 8.03. The molecule has 0 aromatic rings. The molecule has 8 rings (SSSR count). The standard InChI is InChI=1S/C29H34O11/c1-15-6-8-26-13-34-23(33)21-28(40-21)9-10-35-27(20(31)22(32)39-24(27)28)7-4-3-5-19(30)38-16-12-18(37-17(26)11-15)29(14-36-29)25(16,26)2/h3-5,7,11,16-18,20-22,24,31-32H,6,8-10,12-14H2,1-2H3/b5-3-,7-4+/t16-,17-,18-,20+,21+,22-,24+,25-,26-,27-,28+,29+/m1/s1. The minimum absolute atomic E-state index is 0.0345. The quantitative estimate of drug-likeness (QED) is 0.245. The third-order valence-corrected chi connectivity index (χ3v) is 11.3. The van der Waals surface area contributed by atoms with Gasteiger partial charge in [-0.05, 0) is 25.8 Å². The van der Waals surface area contributed by atoms with Crippen LogP contribution in [0.15, 0.2) is 36.0 Å². The Morgan fingerprint density at radius 2 is 1.85 bits per heavy atom. The van der Waals surface area contributed by atoms with Crippen molar-refractivity contribution in [2.75, 3.05) is 19.8 Å². The molecular weight excluding hydrogens is 524 g/mol. The Hall–Kier alpha value is -2.12. The Bertz CT molecular complexity index is 1250. The van der Waals surface area contributed by atoms with Crippen molar-refractivity contribution in [3.63, 3.8) is 0 Å². The van der Waals surface area contributed by atoms with Crippen LogP contribution < -0.4 is 0 Å². The van der Waals surface area contributed by atoms with Gasteiger partial charge in [-0.1, -0.05) is 30.7 Å². The molecule has 0 unspecified atom stereocenters. The van der Waals surface area contributed by atoms with Crippen molar-refractivity contribution in [3.05, 3.63) is 36.0 Å². The summed E-state index contributed by atoms with van der Waals surface area (Å²) in [5.74, 6) is -1.07. The zero-order chi connectivity index (χ0) is 27.7. The average molecular weight is 559 g/mol. The van der Waals surface area contributed by atoms with E-state index in [4.69, 9.17) is 33.2 Å². The van der Waals surface area contributed by atoms with Crippen LogP contribution in [0.1, 0.15) is 39.5 Å². The fraction of sp³-hybridized carbons (Fsp3) is 0.724. The second-order valence-electron chi connectivity index (χ2n) is 12.8. The van der Waals surface area contributed by atoms with Gasteiger partial charge in [-0.3, -0.25) is 0 Å². The first-order valence-corrected chi connectivity index (χ1v) is 14.2. The number of esters is 2. The lowest BCUT2D eigenvalue weighted by Crippen LogP contribution is -2.67. The summed E-state index contributed by atoms with van der Waals surface area (Å²) >= 11 is 0. The van der Waals surface area contributed by atoms with Crippen molar-refractivity contribution < 1.29 is 53.0 Å².